The minimum Gasteiger partial charge on any atom is -0.497 e. The summed E-state index contributed by atoms with van der Waals surface area (Å²) in [5.41, 5.74) is 1.96. The van der Waals surface area contributed by atoms with Crippen LogP contribution in [0.3, 0.4) is 0 Å². The molecule has 0 saturated heterocycles. The summed E-state index contributed by atoms with van der Waals surface area (Å²) in [5, 5.41) is 3.58. The predicted octanol–water partition coefficient (Wildman–Crippen LogP) is 4.89. The maximum Gasteiger partial charge on any atom is 0.278 e. The third-order valence-electron chi connectivity index (χ3n) is 5.22. The lowest BCUT2D eigenvalue weighted by atomic mass is 10.0. The van der Waals surface area contributed by atoms with Crippen LogP contribution in [0.25, 0.3) is 5.57 Å². The molecule has 1 aliphatic heterocycles. The molecule has 0 aromatic heterocycles. The number of anilines is 1. The molecule has 4 rings (SSSR count). The van der Waals surface area contributed by atoms with Crippen LogP contribution in [0.4, 0.5) is 10.1 Å². The molecule has 168 valence electrons. The van der Waals surface area contributed by atoms with Crippen molar-refractivity contribution in [1.29, 1.82) is 0 Å². The van der Waals surface area contributed by atoms with Crippen molar-refractivity contribution < 1.29 is 23.5 Å². The number of hydrogen-bond donors (Lipinski definition) is 1. The maximum absolute atomic E-state index is 13.4. The van der Waals surface area contributed by atoms with Crippen molar-refractivity contribution in [2.45, 2.75) is 6.54 Å². The standard InChI is InChI=1S/C25H20ClFN2O4/c1-32-19-11-12-20(21(13-19)33-2)28-23-22(16-5-7-17(26)8-6-16)24(30)29(25(23)31)14-15-3-9-18(27)10-4-15/h3-13,28H,14H2,1-2H3. The van der Waals surface area contributed by atoms with E-state index in [0.29, 0.717) is 33.3 Å². The first-order chi connectivity index (χ1) is 15.9. The van der Waals surface area contributed by atoms with Gasteiger partial charge in [0.05, 0.1) is 32.0 Å². The van der Waals surface area contributed by atoms with E-state index in [9.17, 15) is 14.0 Å². The highest BCUT2D eigenvalue weighted by Gasteiger charge is 2.39. The first-order valence-corrected chi connectivity index (χ1v) is 10.4. The summed E-state index contributed by atoms with van der Waals surface area (Å²) >= 11 is 6.01. The molecule has 0 spiro atoms. The lowest BCUT2D eigenvalue weighted by Crippen LogP contribution is -2.32. The number of nitrogens with one attached hydrogen (secondary N) is 1. The van der Waals surface area contributed by atoms with E-state index in [-0.39, 0.29) is 17.8 Å². The number of carbonyl (C=O) groups excluding carboxylic acids is 2. The van der Waals surface area contributed by atoms with Crippen molar-refractivity contribution in [2.75, 3.05) is 19.5 Å². The summed E-state index contributed by atoms with van der Waals surface area (Å²) in [6.07, 6.45) is 0. The van der Waals surface area contributed by atoms with Gasteiger partial charge in [0, 0.05) is 11.1 Å². The van der Waals surface area contributed by atoms with E-state index < -0.39 is 17.6 Å². The predicted molar refractivity (Wildman–Crippen MR) is 123 cm³/mol. The van der Waals surface area contributed by atoms with E-state index >= 15 is 0 Å². The molecule has 1 N–H and O–H groups in total. The van der Waals surface area contributed by atoms with Crippen LogP contribution in [0, 0.1) is 5.82 Å². The van der Waals surface area contributed by atoms with Gasteiger partial charge >= 0.3 is 0 Å². The SMILES string of the molecule is COc1ccc(NC2=C(c3ccc(Cl)cc3)C(=O)N(Cc3ccc(F)cc3)C2=O)c(OC)c1. The maximum atomic E-state index is 13.4. The van der Waals surface area contributed by atoms with E-state index in [1.807, 2.05) is 0 Å². The number of imide groups is 1. The van der Waals surface area contributed by atoms with Crippen LogP contribution in [0.5, 0.6) is 11.5 Å². The van der Waals surface area contributed by atoms with Crippen LogP contribution >= 0.6 is 11.6 Å². The largest absolute Gasteiger partial charge is 0.497 e. The Labute approximate surface area is 195 Å². The molecule has 0 unspecified atom stereocenters. The third kappa shape index (κ3) is 4.54. The Bertz CT molecular complexity index is 1240. The molecule has 1 heterocycles. The smallest absolute Gasteiger partial charge is 0.278 e. The highest BCUT2D eigenvalue weighted by Crippen LogP contribution is 2.35. The van der Waals surface area contributed by atoms with Crippen LogP contribution in [0.1, 0.15) is 11.1 Å². The van der Waals surface area contributed by atoms with Crippen LogP contribution in [0.15, 0.2) is 72.4 Å². The minimum atomic E-state index is -0.507. The number of halogens is 2. The zero-order chi connectivity index (χ0) is 23.5. The highest BCUT2D eigenvalue weighted by atomic mass is 35.5. The van der Waals surface area contributed by atoms with Crippen molar-refractivity contribution in [1.82, 2.24) is 4.90 Å². The first-order valence-electron chi connectivity index (χ1n) is 10.0. The van der Waals surface area contributed by atoms with Gasteiger partial charge in [-0.25, -0.2) is 4.39 Å². The summed E-state index contributed by atoms with van der Waals surface area (Å²) in [5.74, 6) is -0.355. The van der Waals surface area contributed by atoms with Gasteiger partial charge in [-0.15, -0.1) is 0 Å². The normalized spacial score (nSPS) is 13.5. The van der Waals surface area contributed by atoms with E-state index in [2.05, 4.69) is 5.32 Å². The fourth-order valence-corrected chi connectivity index (χ4v) is 3.65. The van der Waals surface area contributed by atoms with Crippen molar-refractivity contribution in [3.05, 3.63) is 94.4 Å². The molecule has 0 atom stereocenters. The Hall–Kier alpha value is -3.84. The average molecular weight is 467 g/mol. The highest BCUT2D eigenvalue weighted by molar-refractivity contribution is 6.36. The van der Waals surface area contributed by atoms with Gasteiger partial charge in [-0.1, -0.05) is 35.9 Å². The van der Waals surface area contributed by atoms with Gasteiger partial charge in [-0.3, -0.25) is 14.5 Å². The molecular formula is C25H20ClFN2O4. The van der Waals surface area contributed by atoms with Gasteiger partial charge in [0.15, 0.2) is 0 Å². The molecule has 0 fully saturated rings. The Kier molecular flexibility index (Phi) is 6.33. The van der Waals surface area contributed by atoms with Gasteiger partial charge < -0.3 is 14.8 Å². The zero-order valence-electron chi connectivity index (χ0n) is 17.9. The van der Waals surface area contributed by atoms with Crippen molar-refractivity contribution in [3.8, 4) is 11.5 Å². The molecule has 3 aromatic carbocycles. The van der Waals surface area contributed by atoms with E-state index in [1.54, 1.807) is 42.5 Å². The van der Waals surface area contributed by atoms with Crippen LogP contribution in [-0.2, 0) is 16.1 Å². The average Bonchev–Trinajstić information content (AvgIpc) is 3.05. The Balaban J connectivity index is 1.75. The fourth-order valence-electron chi connectivity index (χ4n) is 3.53. The molecule has 0 radical (unpaired) electrons. The number of amides is 2. The molecule has 33 heavy (non-hydrogen) atoms. The van der Waals surface area contributed by atoms with E-state index in [0.717, 1.165) is 4.90 Å². The molecule has 1 aliphatic rings. The number of rotatable bonds is 7. The van der Waals surface area contributed by atoms with Gasteiger partial charge in [0.25, 0.3) is 11.8 Å². The van der Waals surface area contributed by atoms with Crippen LogP contribution in [-0.4, -0.2) is 30.9 Å². The van der Waals surface area contributed by atoms with Crippen LogP contribution < -0.4 is 14.8 Å². The van der Waals surface area contributed by atoms with Crippen LogP contribution in [0.2, 0.25) is 5.02 Å². The molecule has 8 heteroatoms. The summed E-state index contributed by atoms with van der Waals surface area (Å²) in [4.78, 5) is 27.9. The first kappa shape index (κ1) is 22.4. The van der Waals surface area contributed by atoms with Crippen molar-refractivity contribution in [3.63, 3.8) is 0 Å². The lowest BCUT2D eigenvalue weighted by Gasteiger charge is -2.16. The number of ether oxygens (including phenoxy) is 2. The van der Waals surface area contributed by atoms with Crippen molar-refractivity contribution in [2.24, 2.45) is 0 Å². The molecule has 2 amide bonds. The Morgan fingerprint density at radius 2 is 1.61 bits per heavy atom. The monoisotopic (exact) mass is 466 g/mol. The van der Waals surface area contributed by atoms with Gasteiger partial charge in [0.2, 0.25) is 0 Å². The second kappa shape index (κ2) is 9.34. The second-order valence-corrected chi connectivity index (χ2v) is 7.71. The summed E-state index contributed by atoms with van der Waals surface area (Å²) in [7, 11) is 3.03. The summed E-state index contributed by atoms with van der Waals surface area (Å²) in [6.45, 7) is -0.0000358. The number of benzene rings is 3. The molecular weight excluding hydrogens is 447 g/mol. The number of nitrogens with zero attached hydrogens (tertiary/aromatic N) is 1. The minimum absolute atomic E-state index is 0.0000358. The van der Waals surface area contributed by atoms with Gasteiger partial charge in [-0.05, 0) is 47.5 Å². The lowest BCUT2D eigenvalue weighted by molar-refractivity contribution is -0.137. The summed E-state index contributed by atoms with van der Waals surface area (Å²) in [6, 6.07) is 17.4. The Morgan fingerprint density at radius 3 is 2.24 bits per heavy atom. The number of methoxy groups -OCH3 is 2. The van der Waals surface area contributed by atoms with Crippen molar-refractivity contribution >= 4 is 34.7 Å². The molecule has 0 aliphatic carbocycles. The number of hydrogen-bond acceptors (Lipinski definition) is 5. The zero-order valence-corrected chi connectivity index (χ0v) is 18.7. The summed E-state index contributed by atoms with van der Waals surface area (Å²) < 4.78 is 23.9. The second-order valence-electron chi connectivity index (χ2n) is 7.27. The number of carbonyl (C=O) groups is 2. The fraction of sp³-hybridized carbons (Fsp3) is 0.120. The topological polar surface area (TPSA) is 67.9 Å². The molecule has 3 aromatic rings. The van der Waals surface area contributed by atoms with E-state index in [1.165, 1.54) is 38.5 Å². The Morgan fingerprint density at radius 1 is 0.909 bits per heavy atom. The molecule has 0 saturated carbocycles. The third-order valence-corrected chi connectivity index (χ3v) is 5.48. The van der Waals surface area contributed by atoms with Gasteiger partial charge in [-0.2, -0.15) is 0 Å². The quantitative estimate of drug-likeness (QED) is 0.502. The van der Waals surface area contributed by atoms with Gasteiger partial charge in [0.1, 0.15) is 23.0 Å². The molecule has 0 bridgehead atoms. The van der Waals surface area contributed by atoms with E-state index in [4.69, 9.17) is 21.1 Å². The molecule has 6 nitrogen and oxygen atoms in total.